The molecule has 2 rings (SSSR count). The maximum atomic E-state index is 12.3. The van der Waals surface area contributed by atoms with Crippen molar-refractivity contribution in [3.63, 3.8) is 0 Å². The average Bonchev–Trinajstić information content (AvgIpc) is 2.85. The molecule has 100 valence electrons. The number of aromatic nitrogens is 3. The van der Waals surface area contributed by atoms with Crippen molar-refractivity contribution in [2.45, 2.75) is 19.9 Å². The Morgan fingerprint density at radius 2 is 2.26 bits per heavy atom. The van der Waals surface area contributed by atoms with E-state index in [1.165, 1.54) is 13.4 Å². The lowest BCUT2D eigenvalue weighted by molar-refractivity contribution is 0.0986. The number of hydrogen-bond donors (Lipinski definition) is 0. The number of nitrogens with zero attached hydrogens (tertiary/aromatic N) is 3. The molecule has 2 aromatic rings. The van der Waals surface area contributed by atoms with Crippen LogP contribution in [0, 0.1) is 0 Å². The van der Waals surface area contributed by atoms with Crippen molar-refractivity contribution in [1.82, 2.24) is 14.8 Å². The van der Waals surface area contributed by atoms with Crippen molar-refractivity contribution >= 4 is 17.4 Å². The van der Waals surface area contributed by atoms with Crippen LogP contribution in [-0.4, -0.2) is 27.7 Å². The van der Waals surface area contributed by atoms with Crippen LogP contribution in [0.4, 0.5) is 0 Å². The fourth-order valence-electron chi connectivity index (χ4n) is 1.83. The number of aryl methyl sites for hydroxylation is 1. The molecular formula is C13H14ClN3O2. The van der Waals surface area contributed by atoms with E-state index in [2.05, 4.69) is 10.1 Å². The van der Waals surface area contributed by atoms with Gasteiger partial charge in [0.05, 0.1) is 19.1 Å². The smallest absolute Gasteiger partial charge is 0.174 e. The van der Waals surface area contributed by atoms with Gasteiger partial charge in [-0.15, -0.1) is 0 Å². The quantitative estimate of drug-likeness (QED) is 0.789. The van der Waals surface area contributed by atoms with Crippen molar-refractivity contribution in [3.8, 4) is 5.75 Å². The molecule has 0 amide bonds. The monoisotopic (exact) mass is 279 g/mol. The number of rotatable bonds is 5. The van der Waals surface area contributed by atoms with Gasteiger partial charge in [-0.3, -0.25) is 4.79 Å². The molecule has 0 N–H and O–H groups in total. The molecule has 0 bridgehead atoms. The molecule has 0 aliphatic rings. The molecule has 1 heterocycles. The standard InChI is InChI=1S/C13H14ClN3O2/c1-3-17-13(15-8-16-17)7-11(18)10-6-9(14)4-5-12(10)19-2/h4-6,8H,3,7H2,1-2H3. The first-order valence-corrected chi connectivity index (χ1v) is 6.27. The highest BCUT2D eigenvalue weighted by Gasteiger charge is 2.16. The largest absolute Gasteiger partial charge is 0.496 e. The molecule has 0 radical (unpaired) electrons. The van der Waals surface area contributed by atoms with Crippen molar-refractivity contribution in [1.29, 1.82) is 0 Å². The zero-order chi connectivity index (χ0) is 13.8. The van der Waals surface area contributed by atoms with E-state index in [-0.39, 0.29) is 12.2 Å². The minimum atomic E-state index is -0.0953. The van der Waals surface area contributed by atoms with Gasteiger partial charge in [-0.25, -0.2) is 9.67 Å². The first-order valence-electron chi connectivity index (χ1n) is 5.89. The molecule has 0 saturated heterocycles. The maximum absolute atomic E-state index is 12.3. The number of methoxy groups -OCH3 is 1. The van der Waals surface area contributed by atoms with E-state index in [0.29, 0.717) is 28.7 Å². The molecular weight excluding hydrogens is 266 g/mol. The van der Waals surface area contributed by atoms with Gasteiger partial charge in [-0.05, 0) is 25.1 Å². The molecule has 0 aliphatic carbocycles. The van der Waals surface area contributed by atoms with Gasteiger partial charge in [-0.1, -0.05) is 11.6 Å². The lowest BCUT2D eigenvalue weighted by Crippen LogP contribution is -2.11. The number of ether oxygens (including phenoxy) is 1. The van der Waals surface area contributed by atoms with Gasteiger partial charge in [0.15, 0.2) is 5.78 Å². The molecule has 0 atom stereocenters. The van der Waals surface area contributed by atoms with Crippen LogP contribution in [0.2, 0.25) is 5.02 Å². The first kappa shape index (κ1) is 13.5. The molecule has 1 aromatic heterocycles. The number of ketones is 1. The number of carbonyl (C=O) groups excluding carboxylic acids is 1. The van der Waals surface area contributed by atoms with Crippen molar-refractivity contribution in [2.24, 2.45) is 0 Å². The summed E-state index contributed by atoms with van der Waals surface area (Å²) in [6.07, 6.45) is 1.62. The molecule has 1 aromatic carbocycles. The third-order valence-electron chi connectivity index (χ3n) is 2.78. The number of halogens is 1. The Morgan fingerprint density at radius 3 is 2.95 bits per heavy atom. The summed E-state index contributed by atoms with van der Waals surface area (Å²) in [6, 6.07) is 4.97. The fraction of sp³-hybridized carbons (Fsp3) is 0.308. The predicted octanol–water partition coefficient (Wildman–Crippen LogP) is 2.39. The van der Waals surface area contributed by atoms with Crippen LogP contribution in [0.15, 0.2) is 24.5 Å². The molecule has 19 heavy (non-hydrogen) atoms. The van der Waals surface area contributed by atoms with Crippen LogP contribution in [0.1, 0.15) is 23.1 Å². The van der Waals surface area contributed by atoms with Crippen molar-refractivity contribution in [3.05, 3.63) is 40.9 Å². The Bertz CT molecular complexity index is 595. The Labute approximate surface area is 116 Å². The van der Waals surface area contributed by atoms with Gasteiger partial charge in [-0.2, -0.15) is 5.10 Å². The SMILES string of the molecule is CCn1ncnc1CC(=O)c1cc(Cl)ccc1OC. The number of carbonyl (C=O) groups is 1. The van der Waals surface area contributed by atoms with E-state index in [1.807, 2.05) is 6.92 Å². The highest BCUT2D eigenvalue weighted by Crippen LogP contribution is 2.23. The Hall–Kier alpha value is -1.88. The maximum Gasteiger partial charge on any atom is 0.174 e. The molecule has 0 aliphatic heterocycles. The number of benzene rings is 1. The number of Topliss-reactive ketones (excluding diaryl/α,β-unsaturated/α-hetero) is 1. The first-order chi connectivity index (χ1) is 9.15. The second-order valence-corrected chi connectivity index (χ2v) is 4.37. The van der Waals surface area contributed by atoms with E-state index in [0.717, 1.165) is 0 Å². The van der Waals surface area contributed by atoms with Gasteiger partial charge in [0.25, 0.3) is 0 Å². The minimum Gasteiger partial charge on any atom is -0.496 e. The summed E-state index contributed by atoms with van der Waals surface area (Å²) in [6.45, 7) is 2.62. The van der Waals surface area contributed by atoms with Gasteiger partial charge < -0.3 is 4.74 Å². The minimum absolute atomic E-state index is 0.0953. The second kappa shape index (κ2) is 5.84. The predicted molar refractivity (Wildman–Crippen MR) is 71.7 cm³/mol. The van der Waals surface area contributed by atoms with E-state index < -0.39 is 0 Å². The summed E-state index contributed by atoms with van der Waals surface area (Å²) in [5, 5.41) is 4.54. The molecule has 0 spiro atoms. The fourth-order valence-corrected chi connectivity index (χ4v) is 2.00. The summed E-state index contributed by atoms with van der Waals surface area (Å²) in [5.41, 5.74) is 0.459. The van der Waals surface area contributed by atoms with Crippen LogP contribution in [-0.2, 0) is 13.0 Å². The Morgan fingerprint density at radius 1 is 1.47 bits per heavy atom. The third-order valence-corrected chi connectivity index (χ3v) is 3.01. The van der Waals surface area contributed by atoms with Crippen LogP contribution in [0.3, 0.4) is 0 Å². The van der Waals surface area contributed by atoms with Crippen LogP contribution in [0.5, 0.6) is 5.75 Å². The molecule has 5 nitrogen and oxygen atoms in total. The topological polar surface area (TPSA) is 57.0 Å². The van der Waals surface area contributed by atoms with Gasteiger partial charge in [0.2, 0.25) is 0 Å². The Kier molecular flexibility index (Phi) is 4.16. The zero-order valence-electron chi connectivity index (χ0n) is 10.8. The van der Waals surface area contributed by atoms with Gasteiger partial charge in [0.1, 0.15) is 17.9 Å². The van der Waals surface area contributed by atoms with Gasteiger partial charge >= 0.3 is 0 Å². The normalized spacial score (nSPS) is 10.5. The van der Waals surface area contributed by atoms with Crippen molar-refractivity contribution in [2.75, 3.05) is 7.11 Å². The summed E-state index contributed by atoms with van der Waals surface area (Å²) in [7, 11) is 1.52. The van der Waals surface area contributed by atoms with E-state index in [9.17, 15) is 4.79 Å². The average molecular weight is 280 g/mol. The number of hydrogen-bond acceptors (Lipinski definition) is 4. The summed E-state index contributed by atoms with van der Waals surface area (Å²) in [5.74, 6) is 1.05. The summed E-state index contributed by atoms with van der Waals surface area (Å²) in [4.78, 5) is 16.4. The molecule has 0 fully saturated rings. The molecule has 0 unspecified atom stereocenters. The highest BCUT2D eigenvalue weighted by atomic mass is 35.5. The summed E-state index contributed by atoms with van der Waals surface area (Å²) < 4.78 is 6.86. The Balaban J connectivity index is 2.27. The third kappa shape index (κ3) is 2.93. The second-order valence-electron chi connectivity index (χ2n) is 3.94. The van der Waals surface area contributed by atoms with E-state index >= 15 is 0 Å². The lowest BCUT2D eigenvalue weighted by atomic mass is 10.1. The van der Waals surface area contributed by atoms with Crippen LogP contribution >= 0.6 is 11.6 Å². The zero-order valence-corrected chi connectivity index (χ0v) is 11.5. The van der Waals surface area contributed by atoms with E-state index in [1.54, 1.807) is 22.9 Å². The van der Waals surface area contributed by atoms with Crippen LogP contribution in [0.25, 0.3) is 0 Å². The van der Waals surface area contributed by atoms with E-state index in [4.69, 9.17) is 16.3 Å². The molecule has 6 heteroatoms. The highest BCUT2D eigenvalue weighted by molar-refractivity contribution is 6.31. The van der Waals surface area contributed by atoms with Crippen LogP contribution < -0.4 is 4.74 Å². The molecule has 0 saturated carbocycles. The van der Waals surface area contributed by atoms with Gasteiger partial charge in [0, 0.05) is 11.6 Å². The summed E-state index contributed by atoms with van der Waals surface area (Å²) >= 11 is 5.92. The van der Waals surface area contributed by atoms with Crippen molar-refractivity contribution < 1.29 is 9.53 Å². The lowest BCUT2D eigenvalue weighted by Gasteiger charge is -2.08.